The van der Waals surface area contributed by atoms with E-state index in [-0.39, 0.29) is 42.5 Å². The molecule has 0 aliphatic rings. The lowest BCUT2D eigenvalue weighted by Gasteiger charge is -2.18. The topological polar surface area (TPSA) is 131 Å². The van der Waals surface area contributed by atoms with Crippen LogP contribution in [0.3, 0.4) is 0 Å². The third-order valence-electron chi connectivity index (χ3n) is 4.69. The predicted molar refractivity (Wildman–Crippen MR) is 117 cm³/mol. The Morgan fingerprint density at radius 3 is 2.58 bits per heavy atom. The van der Waals surface area contributed by atoms with E-state index in [0.717, 1.165) is 5.56 Å². The van der Waals surface area contributed by atoms with Gasteiger partial charge in [-0.25, -0.2) is 9.59 Å². The lowest BCUT2D eigenvalue weighted by Crippen LogP contribution is -2.36. The van der Waals surface area contributed by atoms with Crippen molar-refractivity contribution in [3.8, 4) is 17.1 Å². The number of hydrogen-bond acceptors (Lipinski definition) is 8. The van der Waals surface area contributed by atoms with Crippen LogP contribution in [-0.4, -0.2) is 60.4 Å². The molecule has 0 spiro atoms. The minimum Gasteiger partial charge on any atom is -0.507 e. The molecule has 0 atom stereocenters. The molecule has 2 aromatic carbocycles. The number of nitrogens with one attached hydrogen (secondary N) is 1. The number of hydrogen-bond donors (Lipinski definition) is 2. The number of carbonyl (C=O) groups is 3. The number of methoxy groups -OCH3 is 1. The van der Waals surface area contributed by atoms with Crippen molar-refractivity contribution in [3.05, 3.63) is 71.4 Å². The van der Waals surface area contributed by atoms with Gasteiger partial charge in [-0.3, -0.25) is 4.79 Å². The van der Waals surface area contributed by atoms with Crippen molar-refractivity contribution in [2.45, 2.75) is 6.61 Å². The molecule has 1 aromatic heterocycles. The zero-order chi connectivity index (χ0) is 23.8. The first kappa shape index (κ1) is 23.3. The Labute approximate surface area is 189 Å². The van der Waals surface area contributed by atoms with E-state index in [1.807, 2.05) is 30.3 Å². The highest BCUT2D eigenvalue weighted by atomic mass is 16.5. The highest BCUT2D eigenvalue weighted by molar-refractivity contribution is 5.97. The summed E-state index contributed by atoms with van der Waals surface area (Å²) in [4.78, 5) is 37.3. The molecule has 172 valence electrons. The van der Waals surface area contributed by atoms with E-state index < -0.39 is 18.0 Å². The molecule has 0 aliphatic carbocycles. The van der Waals surface area contributed by atoms with Crippen LogP contribution < -0.4 is 5.32 Å². The maximum atomic E-state index is 12.7. The molecular weight excluding hydrogens is 430 g/mol. The fourth-order valence-electron chi connectivity index (χ4n) is 2.88. The van der Waals surface area contributed by atoms with Gasteiger partial charge in [0.1, 0.15) is 12.4 Å². The number of esters is 1. The Hall–Kier alpha value is -4.34. The van der Waals surface area contributed by atoms with Crippen molar-refractivity contribution in [3.63, 3.8) is 0 Å². The van der Waals surface area contributed by atoms with Crippen LogP contribution in [0.5, 0.6) is 5.75 Å². The van der Waals surface area contributed by atoms with Crippen LogP contribution >= 0.6 is 0 Å². The molecule has 3 aromatic rings. The predicted octanol–water partition coefficient (Wildman–Crippen LogP) is 2.83. The molecule has 0 bridgehead atoms. The summed E-state index contributed by atoms with van der Waals surface area (Å²) in [5, 5.41) is 16.5. The van der Waals surface area contributed by atoms with E-state index in [0.29, 0.717) is 5.56 Å². The number of nitrogens with zero attached hydrogens (tertiary/aromatic N) is 2. The second-order valence-corrected chi connectivity index (χ2v) is 7.02. The third kappa shape index (κ3) is 6.10. The maximum Gasteiger partial charge on any atom is 0.407 e. The smallest absolute Gasteiger partial charge is 0.407 e. The number of benzene rings is 2. The summed E-state index contributed by atoms with van der Waals surface area (Å²) in [5.74, 6) is -1.13. The minimum atomic E-state index is -0.653. The fourth-order valence-corrected chi connectivity index (χ4v) is 2.88. The Balaban J connectivity index is 1.52. The molecule has 0 saturated carbocycles. The van der Waals surface area contributed by atoms with Gasteiger partial charge >= 0.3 is 12.1 Å². The van der Waals surface area contributed by atoms with Crippen molar-refractivity contribution in [2.24, 2.45) is 0 Å². The van der Waals surface area contributed by atoms with Crippen LogP contribution in [0.25, 0.3) is 11.3 Å². The number of carbonyl (C=O) groups excluding carboxylic acids is 3. The number of amides is 2. The molecule has 2 N–H and O–H groups in total. The van der Waals surface area contributed by atoms with Gasteiger partial charge in [-0.2, -0.15) is 0 Å². The molecule has 0 aliphatic heterocycles. The standard InChI is InChI=1S/C23H23N3O7/c1-26(11-10-24-23(30)32-14-15-6-4-3-5-7-15)21(28)17-9-8-16(12-19(17)27)20-13-18(25-33-20)22(29)31-2/h3-9,12-13,27H,10-11,14H2,1-2H3,(H,24,30). The van der Waals surface area contributed by atoms with Crippen LogP contribution in [0, 0.1) is 0 Å². The number of ether oxygens (including phenoxy) is 2. The van der Waals surface area contributed by atoms with Crippen LogP contribution in [0.1, 0.15) is 26.4 Å². The highest BCUT2D eigenvalue weighted by Crippen LogP contribution is 2.28. The van der Waals surface area contributed by atoms with Crippen LogP contribution in [0.2, 0.25) is 0 Å². The van der Waals surface area contributed by atoms with E-state index in [4.69, 9.17) is 9.26 Å². The Morgan fingerprint density at radius 1 is 1.12 bits per heavy atom. The van der Waals surface area contributed by atoms with Crippen LogP contribution in [0.4, 0.5) is 4.79 Å². The number of rotatable bonds is 8. The molecule has 0 saturated heterocycles. The molecular formula is C23H23N3O7. The summed E-state index contributed by atoms with van der Waals surface area (Å²) in [6.07, 6.45) is -0.592. The van der Waals surface area contributed by atoms with Gasteiger partial charge in [-0.15, -0.1) is 0 Å². The monoisotopic (exact) mass is 453 g/mol. The summed E-state index contributed by atoms with van der Waals surface area (Å²) in [5.41, 5.74) is 1.35. The van der Waals surface area contributed by atoms with Gasteiger partial charge in [0.2, 0.25) is 0 Å². The first-order chi connectivity index (χ1) is 15.9. The van der Waals surface area contributed by atoms with Gasteiger partial charge in [0.15, 0.2) is 11.5 Å². The number of phenolic OH excluding ortho intramolecular Hbond substituents is 1. The second-order valence-electron chi connectivity index (χ2n) is 7.02. The van der Waals surface area contributed by atoms with Crippen molar-refractivity contribution in [1.82, 2.24) is 15.4 Å². The Morgan fingerprint density at radius 2 is 1.88 bits per heavy atom. The van der Waals surface area contributed by atoms with E-state index in [1.54, 1.807) is 13.1 Å². The Kier molecular flexibility index (Phi) is 7.64. The molecule has 3 rings (SSSR count). The zero-order valence-corrected chi connectivity index (χ0v) is 18.1. The first-order valence-corrected chi connectivity index (χ1v) is 9.97. The van der Waals surface area contributed by atoms with E-state index in [2.05, 4.69) is 15.2 Å². The maximum absolute atomic E-state index is 12.7. The number of aromatic hydroxyl groups is 1. The van der Waals surface area contributed by atoms with Gasteiger partial charge in [0, 0.05) is 31.8 Å². The van der Waals surface area contributed by atoms with E-state index in [9.17, 15) is 19.5 Å². The van der Waals surface area contributed by atoms with Gasteiger partial charge in [-0.05, 0) is 17.7 Å². The SMILES string of the molecule is COC(=O)c1cc(-c2ccc(C(=O)N(C)CCNC(=O)OCc3ccccc3)c(O)c2)on1. The normalized spacial score (nSPS) is 10.4. The molecule has 0 unspecified atom stereocenters. The van der Waals surface area contributed by atoms with Crippen molar-refractivity contribution < 1.29 is 33.5 Å². The fraction of sp³-hybridized carbons (Fsp3) is 0.217. The molecule has 10 heteroatoms. The number of likely N-dealkylation sites (N-methyl/N-ethyl adjacent to an activating group) is 1. The second kappa shape index (κ2) is 10.8. The van der Waals surface area contributed by atoms with Gasteiger partial charge in [0.05, 0.1) is 12.7 Å². The number of phenols is 1. The molecule has 0 fully saturated rings. The quantitative estimate of drug-likeness (QED) is 0.498. The first-order valence-electron chi connectivity index (χ1n) is 9.97. The minimum absolute atomic E-state index is 0.0123. The van der Waals surface area contributed by atoms with Crippen molar-refractivity contribution >= 4 is 18.0 Å². The van der Waals surface area contributed by atoms with Crippen molar-refractivity contribution in [2.75, 3.05) is 27.2 Å². The van der Waals surface area contributed by atoms with Gasteiger partial charge in [0.25, 0.3) is 5.91 Å². The van der Waals surface area contributed by atoms with Gasteiger partial charge < -0.3 is 29.3 Å². The average Bonchev–Trinajstić information content (AvgIpc) is 3.33. The molecule has 33 heavy (non-hydrogen) atoms. The summed E-state index contributed by atoms with van der Waals surface area (Å²) >= 11 is 0. The molecule has 2 amide bonds. The van der Waals surface area contributed by atoms with Crippen molar-refractivity contribution in [1.29, 1.82) is 0 Å². The Bertz CT molecular complexity index is 1130. The summed E-state index contributed by atoms with van der Waals surface area (Å²) in [6, 6.07) is 15.0. The lowest BCUT2D eigenvalue weighted by molar-refractivity contribution is 0.0589. The molecule has 0 radical (unpaired) electrons. The largest absolute Gasteiger partial charge is 0.507 e. The van der Waals surface area contributed by atoms with E-state index >= 15 is 0 Å². The van der Waals surface area contributed by atoms with E-state index in [1.165, 1.54) is 30.2 Å². The van der Waals surface area contributed by atoms with Gasteiger partial charge in [-0.1, -0.05) is 41.6 Å². The zero-order valence-electron chi connectivity index (χ0n) is 18.1. The highest BCUT2D eigenvalue weighted by Gasteiger charge is 2.19. The lowest BCUT2D eigenvalue weighted by atomic mass is 10.1. The molecule has 1 heterocycles. The summed E-state index contributed by atoms with van der Waals surface area (Å²) < 4.78 is 14.8. The molecule has 10 nitrogen and oxygen atoms in total. The van der Waals surface area contributed by atoms with Crippen LogP contribution in [-0.2, 0) is 16.1 Å². The number of alkyl carbamates (subject to hydrolysis) is 1. The van der Waals surface area contributed by atoms with Crippen LogP contribution in [0.15, 0.2) is 59.1 Å². The third-order valence-corrected chi connectivity index (χ3v) is 4.69. The average molecular weight is 453 g/mol. The number of aromatic nitrogens is 1. The summed E-state index contributed by atoms with van der Waals surface area (Å²) in [6.45, 7) is 0.516. The summed E-state index contributed by atoms with van der Waals surface area (Å²) in [7, 11) is 2.77.